The number of carbonyl (C=O) groups is 2. The molecular weight excluding hydrogens is 447 g/mol. The standard InChI is InChI=1S/C19H19FN4O5S2/c1-12-22-18(23-24(12)14-5-3-13(20)4-6-14)19(26)29-11-16(25)17-8-7-15(30-17)9-10-21-31(2,27)28/h3-8,21H,9-11H2,1-2H3. The molecule has 2 heterocycles. The number of aromatic nitrogens is 3. The van der Waals surface area contributed by atoms with Crippen molar-refractivity contribution < 1.29 is 27.1 Å². The fraction of sp³-hybridized carbons (Fsp3) is 0.263. The molecule has 0 radical (unpaired) electrons. The first-order valence-electron chi connectivity index (χ1n) is 9.05. The number of benzene rings is 1. The van der Waals surface area contributed by atoms with Gasteiger partial charge in [0.1, 0.15) is 11.6 Å². The second-order valence-corrected chi connectivity index (χ2v) is 9.55. The zero-order valence-corrected chi connectivity index (χ0v) is 18.3. The van der Waals surface area contributed by atoms with E-state index in [0.29, 0.717) is 22.8 Å². The maximum atomic E-state index is 13.1. The molecule has 0 aliphatic rings. The molecule has 0 aliphatic carbocycles. The van der Waals surface area contributed by atoms with Crippen molar-refractivity contribution in [2.45, 2.75) is 13.3 Å². The summed E-state index contributed by atoms with van der Waals surface area (Å²) in [5, 5.41) is 4.06. The number of halogens is 1. The molecule has 0 saturated carbocycles. The second-order valence-electron chi connectivity index (χ2n) is 6.55. The van der Waals surface area contributed by atoms with E-state index in [4.69, 9.17) is 4.74 Å². The molecular formula is C19H19FN4O5S2. The summed E-state index contributed by atoms with van der Waals surface area (Å²) in [7, 11) is -3.27. The van der Waals surface area contributed by atoms with Crippen LogP contribution in [0.4, 0.5) is 4.39 Å². The predicted octanol–water partition coefficient (Wildman–Crippen LogP) is 1.91. The molecule has 31 heavy (non-hydrogen) atoms. The summed E-state index contributed by atoms with van der Waals surface area (Å²) in [4.78, 5) is 29.8. The zero-order chi connectivity index (χ0) is 22.6. The van der Waals surface area contributed by atoms with Crippen LogP contribution in [0.3, 0.4) is 0 Å². The summed E-state index contributed by atoms with van der Waals surface area (Å²) >= 11 is 1.20. The highest BCUT2D eigenvalue weighted by molar-refractivity contribution is 7.88. The maximum absolute atomic E-state index is 13.1. The maximum Gasteiger partial charge on any atom is 0.378 e. The van der Waals surface area contributed by atoms with E-state index in [9.17, 15) is 22.4 Å². The van der Waals surface area contributed by atoms with Gasteiger partial charge in [-0.25, -0.2) is 32.0 Å². The highest BCUT2D eigenvalue weighted by atomic mass is 32.2. The highest BCUT2D eigenvalue weighted by Gasteiger charge is 2.19. The summed E-state index contributed by atoms with van der Waals surface area (Å²) in [6, 6.07) is 8.84. The molecule has 0 spiro atoms. The number of thiophene rings is 1. The first-order chi connectivity index (χ1) is 14.6. The van der Waals surface area contributed by atoms with Gasteiger partial charge in [0.15, 0.2) is 6.61 Å². The largest absolute Gasteiger partial charge is 0.451 e. The van der Waals surface area contributed by atoms with Crippen molar-refractivity contribution in [3.8, 4) is 5.69 Å². The van der Waals surface area contributed by atoms with E-state index >= 15 is 0 Å². The Bertz CT molecular complexity index is 1200. The Morgan fingerprint density at radius 3 is 2.58 bits per heavy atom. The number of sulfonamides is 1. The molecule has 0 unspecified atom stereocenters. The number of rotatable bonds is 9. The molecule has 0 aliphatic heterocycles. The van der Waals surface area contributed by atoms with Crippen LogP contribution < -0.4 is 4.72 Å². The molecule has 3 rings (SSSR count). The van der Waals surface area contributed by atoms with E-state index < -0.39 is 34.2 Å². The van der Waals surface area contributed by atoms with E-state index in [2.05, 4.69) is 14.8 Å². The van der Waals surface area contributed by atoms with Gasteiger partial charge in [-0.05, 0) is 49.7 Å². The number of esters is 1. The highest BCUT2D eigenvalue weighted by Crippen LogP contribution is 2.18. The molecule has 0 fully saturated rings. The van der Waals surface area contributed by atoms with Gasteiger partial charge in [-0.1, -0.05) is 0 Å². The van der Waals surface area contributed by atoms with Crippen LogP contribution >= 0.6 is 11.3 Å². The van der Waals surface area contributed by atoms with E-state index in [-0.39, 0.29) is 12.4 Å². The average molecular weight is 467 g/mol. The molecule has 0 atom stereocenters. The van der Waals surface area contributed by atoms with Crippen molar-refractivity contribution in [2.75, 3.05) is 19.4 Å². The van der Waals surface area contributed by atoms with Crippen molar-refractivity contribution in [3.05, 3.63) is 63.6 Å². The van der Waals surface area contributed by atoms with Crippen LogP contribution in [-0.4, -0.2) is 54.3 Å². The molecule has 1 aromatic carbocycles. The Hall–Kier alpha value is -2.96. The fourth-order valence-electron chi connectivity index (χ4n) is 2.59. The van der Waals surface area contributed by atoms with Crippen molar-refractivity contribution in [3.63, 3.8) is 0 Å². The Morgan fingerprint density at radius 2 is 1.90 bits per heavy atom. The minimum Gasteiger partial charge on any atom is -0.451 e. The topological polar surface area (TPSA) is 120 Å². The van der Waals surface area contributed by atoms with Gasteiger partial charge in [-0.2, -0.15) is 0 Å². The molecule has 0 saturated heterocycles. The third-order valence-corrected chi connectivity index (χ3v) is 5.94. The van der Waals surface area contributed by atoms with Crippen molar-refractivity contribution >= 4 is 33.1 Å². The van der Waals surface area contributed by atoms with Crippen LogP contribution in [0.1, 0.15) is 31.0 Å². The summed E-state index contributed by atoms with van der Waals surface area (Å²) < 4.78 is 44.0. The van der Waals surface area contributed by atoms with Crippen LogP contribution in [0.2, 0.25) is 0 Å². The molecule has 9 nitrogen and oxygen atoms in total. The molecule has 0 amide bonds. The minimum atomic E-state index is -3.27. The molecule has 0 bridgehead atoms. The van der Waals surface area contributed by atoms with Crippen molar-refractivity contribution in [1.29, 1.82) is 0 Å². The van der Waals surface area contributed by atoms with Gasteiger partial charge in [-0.15, -0.1) is 16.4 Å². The first kappa shape index (κ1) is 22.7. The normalized spacial score (nSPS) is 11.5. The third-order valence-electron chi connectivity index (χ3n) is 4.03. The lowest BCUT2D eigenvalue weighted by Crippen LogP contribution is -2.24. The van der Waals surface area contributed by atoms with E-state index in [0.717, 1.165) is 11.1 Å². The summed E-state index contributed by atoms with van der Waals surface area (Å²) in [6.07, 6.45) is 1.51. The lowest BCUT2D eigenvalue weighted by Gasteiger charge is -2.02. The molecule has 2 aromatic heterocycles. The monoisotopic (exact) mass is 466 g/mol. The molecule has 3 aromatic rings. The van der Waals surface area contributed by atoms with E-state index in [1.807, 2.05) is 0 Å². The number of ketones is 1. The van der Waals surface area contributed by atoms with Crippen LogP contribution in [0, 0.1) is 12.7 Å². The van der Waals surface area contributed by atoms with Gasteiger partial charge in [0.25, 0.3) is 5.82 Å². The number of aryl methyl sites for hydroxylation is 1. The third kappa shape index (κ3) is 6.26. The molecule has 1 N–H and O–H groups in total. The van der Waals surface area contributed by atoms with Gasteiger partial charge >= 0.3 is 5.97 Å². The minimum absolute atomic E-state index is 0.214. The van der Waals surface area contributed by atoms with Crippen LogP contribution in [-0.2, 0) is 21.2 Å². The lowest BCUT2D eigenvalue weighted by atomic mass is 10.3. The summed E-state index contributed by atoms with van der Waals surface area (Å²) in [5.74, 6) is -1.46. The van der Waals surface area contributed by atoms with Gasteiger partial charge in [0.2, 0.25) is 15.8 Å². The van der Waals surface area contributed by atoms with Crippen LogP contribution in [0.25, 0.3) is 5.69 Å². The van der Waals surface area contributed by atoms with Crippen LogP contribution in [0.15, 0.2) is 36.4 Å². The second kappa shape index (κ2) is 9.45. The number of hydrogen-bond donors (Lipinski definition) is 1. The van der Waals surface area contributed by atoms with Gasteiger partial charge in [-0.3, -0.25) is 4.79 Å². The van der Waals surface area contributed by atoms with Gasteiger partial charge in [0.05, 0.1) is 16.8 Å². The first-order valence-corrected chi connectivity index (χ1v) is 11.8. The van der Waals surface area contributed by atoms with E-state index in [1.165, 1.54) is 40.3 Å². The van der Waals surface area contributed by atoms with Crippen LogP contribution in [0.5, 0.6) is 0 Å². The number of Topliss-reactive ketones (excluding diaryl/α,β-unsaturated/α-hetero) is 1. The van der Waals surface area contributed by atoms with E-state index in [1.54, 1.807) is 19.1 Å². The number of hydrogen-bond acceptors (Lipinski definition) is 8. The van der Waals surface area contributed by atoms with Gasteiger partial charge < -0.3 is 4.74 Å². The van der Waals surface area contributed by atoms with Crippen molar-refractivity contribution in [2.24, 2.45) is 0 Å². The van der Waals surface area contributed by atoms with Crippen molar-refractivity contribution in [1.82, 2.24) is 19.5 Å². The quantitative estimate of drug-likeness (QED) is 0.378. The zero-order valence-electron chi connectivity index (χ0n) is 16.7. The lowest BCUT2D eigenvalue weighted by molar-refractivity contribution is 0.0463. The van der Waals surface area contributed by atoms with Gasteiger partial charge in [0, 0.05) is 11.4 Å². The molecule has 12 heteroatoms. The number of ether oxygens (including phenoxy) is 1. The Kier molecular flexibility index (Phi) is 6.93. The Labute approximate surface area is 181 Å². The Morgan fingerprint density at radius 1 is 1.19 bits per heavy atom. The smallest absolute Gasteiger partial charge is 0.378 e. The summed E-state index contributed by atoms with van der Waals surface area (Å²) in [6.45, 7) is 1.37. The Balaban J connectivity index is 1.57. The average Bonchev–Trinajstić information content (AvgIpc) is 3.32. The number of carbonyl (C=O) groups excluding carboxylic acids is 2. The fourth-order valence-corrected chi connectivity index (χ4v) is 4.00. The predicted molar refractivity (Wildman–Crippen MR) is 112 cm³/mol. The number of nitrogens with zero attached hydrogens (tertiary/aromatic N) is 3. The SMILES string of the molecule is Cc1nc(C(=O)OCC(=O)c2ccc(CCNS(C)(=O)=O)s2)nn1-c1ccc(F)cc1. The summed E-state index contributed by atoms with van der Waals surface area (Å²) in [5.41, 5.74) is 0.526. The molecule has 164 valence electrons. The number of nitrogens with one attached hydrogen (secondary N) is 1.